The average molecular weight is 321 g/mol. The van der Waals surface area contributed by atoms with Gasteiger partial charge >= 0.3 is 0 Å². The first kappa shape index (κ1) is 16.4. The molecule has 0 saturated carbocycles. The highest BCUT2D eigenvalue weighted by molar-refractivity contribution is 5.78. The van der Waals surface area contributed by atoms with Gasteiger partial charge in [-0.1, -0.05) is 18.2 Å². The third kappa shape index (κ3) is 3.72. The lowest BCUT2D eigenvalue weighted by molar-refractivity contribution is -0.132. The van der Waals surface area contributed by atoms with Crippen LogP contribution in [0.15, 0.2) is 24.3 Å². The zero-order valence-corrected chi connectivity index (χ0v) is 13.6. The number of hydrogen-bond donors (Lipinski definition) is 0. The van der Waals surface area contributed by atoms with Crippen molar-refractivity contribution in [3.8, 4) is 0 Å². The minimum atomic E-state index is -0.305. The Kier molecular flexibility index (Phi) is 4.97. The molecule has 1 aromatic rings. The van der Waals surface area contributed by atoms with Crippen LogP contribution < -0.4 is 0 Å². The van der Waals surface area contributed by atoms with E-state index in [1.54, 1.807) is 25.3 Å². The van der Waals surface area contributed by atoms with E-state index in [9.17, 15) is 9.18 Å². The van der Waals surface area contributed by atoms with E-state index in [0.29, 0.717) is 12.2 Å². The monoisotopic (exact) mass is 321 g/mol. The average Bonchev–Trinajstić information content (AvgIpc) is 2.93. The Morgan fingerprint density at radius 2 is 2.13 bits per heavy atom. The second-order valence-corrected chi connectivity index (χ2v) is 6.74. The van der Waals surface area contributed by atoms with E-state index in [-0.39, 0.29) is 29.7 Å². The van der Waals surface area contributed by atoms with Crippen molar-refractivity contribution in [1.29, 1.82) is 0 Å². The van der Waals surface area contributed by atoms with Gasteiger partial charge in [0.1, 0.15) is 5.82 Å². The first-order valence-electron chi connectivity index (χ1n) is 8.24. The van der Waals surface area contributed by atoms with E-state index in [0.717, 1.165) is 39.0 Å². The topological polar surface area (TPSA) is 38.8 Å². The summed E-state index contributed by atoms with van der Waals surface area (Å²) in [6, 6.07) is 6.49. The molecular weight excluding hydrogens is 297 g/mol. The Morgan fingerprint density at radius 1 is 1.39 bits per heavy atom. The Morgan fingerprint density at radius 3 is 2.83 bits per heavy atom. The van der Waals surface area contributed by atoms with Crippen LogP contribution in [0.3, 0.4) is 0 Å². The number of methoxy groups -OCH3 is 1. The lowest BCUT2D eigenvalue weighted by atomic mass is 9.76. The zero-order chi connectivity index (χ0) is 16.3. The predicted octanol–water partition coefficient (Wildman–Crippen LogP) is 2.41. The normalized spacial score (nSPS) is 23.4. The number of likely N-dealkylation sites (tertiary alicyclic amines) is 1. The van der Waals surface area contributed by atoms with Crippen LogP contribution >= 0.6 is 0 Å². The summed E-state index contributed by atoms with van der Waals surface area (Å²) in [4.78, 5) is 14.3. The number of rotatable bonds is 4. The summed E-state index contributed by atoms with van der Waals surface area (Å²) in [5.41, 5.74) is 0.667. The van der Waals surface area contributed by atoms with Crippen molar-refractivity contribution in [2.24, 2.45) is 5.41 Å². The molecular formula is C18H24FNO3. The molecule has 1 unspecified atom stereocenters. The standard InChI is InChI=1S/C18H24FNO3/c1-22-12-15-11-18(13-23-15)6-8-20(9-7-18)17(21)10-14-4-2-3-5-16(14)19/h2-5,15H,6-13H2,1H3. The molecule has 1 atom stereocenters. The smallest absolute Gasteiger partial charge is 0.227 e. The molecule has 0 N–H and O–H groups in total. The minimum absolute atomic E-state index is 0.0114. The molecule has 0 aromatic heterocycles. The fraction of sp³-hybridized carbons (Fsp3) is 0.611. The number of carbonyl (C=O) groups is 1. The van der Waals surface area contributed by atoms with E-state index < -0.39 is 0 Å². The lowest BCUT2D eigenvalue weighted by Crippen LogP contribution is -2.44. The molecule has 0 radical (unpaired) electrons. The van der Waals surface area contributed by atoms with Crippen LogP contribution in [-0.4, -0.2) is 50.3 Å². The van der Waals surface area contributed by atoms with Gasteiger partial charge in [-0.05, 0) is 36.3 Å². The van der Waals surface area contributed by atoms with Gasteiger partial charge in [-0.25, -0.2) is 4.39 Å². The van der Waals surface area contributed by atoms with Crippen molar-refractivity contribution in [2.45, 2.75) is 31.8 Å². The van der Waals surface area contributed by atoms with Crippen molar-refractivity contribution < 1.29 is 18.7 Å². The van der Waals surface area contributed by atoms with Crippen molar-refractivity contribution in [2.75, 3.05) is 33.4 Å². The van der Waals surface area contributed by atoms with Crippen LogP contribution in [0.4, 0.5) is 4.39 Å². The number of hydrogen-bond acceptors (Lipinski definition) is 3. The van der Waals surface area contributed by atoms with E-state index in [1.807, 2.05) is 4.90 Å². The van der Waals surface area contributed by atoms with Gasteiger partial charge in [0.05, 0.1) is 25.7 Å². The third-order valence-corrected chi connectivity index (χ3v) is 5.11. The molecule has 5 heteroatoms. The number of piperidine rings is 1. The maximum absolute atomic E-state index is 13.7. The zero-order valence-electron chi connectivity index (χ0n) is 13.6. The second-order valence-electron chi connectivity index (χ2n) is 6.74. The Bertz CT molecular complexity index is 555. The summed E-state index contributed by atoms with van der Waals surface area (Å²) in [6.07, 6.45) is 3.24. The number of benzene rings is 1. The van der Waals surface area contributed by atoms with Crippen LogP contribution in [0.5, 0.6) is 0 Å². The van der Waals surface area contributed by atoms with Crippen LogP contribution in [0, 0.1) is 11.2 Å². The molecule has 1 aromatic carbocycles. The molecule has 1 amide bonds. The molecule has 0 bridgehead atoms. The maximum atomic E-state index is 13.7. The van der Waals surface area contributed by atoms with Crippen LogP contribution in [0.2, 0.25) is 0 Å². The summed E-state index contributed by atoms with van der Waals surface area (Å²) in [6.45, 7) is 2.86. The highest BCUT2D eigenvalue weighted by atomic mass is 19.1. The maximum Gasteiger partial charge on any atom is 0.227 e. The second kappa shape index (κ2) is 6.97. The first-order valence-corrected chi connectivity index (χ1v) is 8.24. The summed E-state index contributed by atoms with van der Waals surface area (Å²) in [7, 11) is 1.69. The largest absolute Gasteiger partial charge is 0.382 e. The van der Waals surface area contributed by atoms with Crippen LogP contribution in [-0.2, 0) is 20.7 Å². The van der Waals surface area contributed by atoms with Crippen molar-refractivity contribution in [3.05, 3.63) is 35.6 Å². The number of ether oxygens (including phenoxy) is 2. The Labute approximate surface area is 136 Å². The summed E-state index contributed by atoms with van der Waals surface area (Å²) < 4.78 is 24.7. The fourth-order valence-electron chi connectivity index (χ4n) is 3.68. The number of halogens is 1. The van der Waals surface area contributed by atoms with Crippen molar-refractivity contribution in [3.63, 3.8) is 0 Å². The van der Waals surface area contributed by atoms with Gasteiger partial charge in [0.2, 0.25) is 5.91 Å². The molecule has 2 heterocycles. The summed E-state index contributed by atoms with van der Waals surface area (Å²) >= 11 is 0. The number of amides is 1. The molecule has 3 rings (SSSR count). The van der Waals surface area contributed by atoms with Gasteiger partial charge < -0.3 is 14.4 Å². The highest BCUT2D eigenvalue weighted by Gasteiger charge is 2.42. The Balaban J connectivity index is 1.53. The number of carbonyl (C=O) groups excluding carboxylic acids is 1. The summed E-state index contributed by atoms with van der Waals surface area (Å²) in [5.74, 6) is -0.293. The number of nitrogens with zero attached hydrogens (tertiary/aromatic N) is 1. The van der Waals surface area contributed by atoms with Gasteiger partial charge in [0, 0.05) is 20.2 Å². The van der Waals surface area contributed by atoms with Gasteiger partial charge in [0.25, 0.3) is 0 Å². The van der Waals surface area contributed by atoms with Gasteiger partial charge in [-0.15, -0.1) is 0 Å². The summed E-state index contributed by atoms with van der Waals surface area (Å²) in [5, 5.41) is 0. The van der Waals surface area contributed by atoms with E-state index in [4.69, 9.17) is 9.47 Å². The molecule has 0 aliphatic carbocycles. The quantitative estimate of drug-likeness (QED) is 0.855. The Hall–Kier alpha value is -1.46. The molecule has 23 heavy (non-hydrogen) atoms. The lowest BCUT2D eigenvalue weighted by Gasteiger charge is -2.38. The van der Waals surface area contributed by atoms with Gasteiger partial charge in [-0.3, -0.25) is 4.79 Å². The molecule has 1 spiro atoms. The molecule has 126 valence electrons. The van der Waals surface area contributed by atoms with E-state index in [1.165, 1.54) is 6.07 Å². The minimum Gasteiger partial charge on any atom is -0.382 e. The van der Waals surface area contributed by atoms with Crippen molar-refractivity contribution >= 4 is 5.91 Å². The van der Waals surface area contributed by atoms with Crippen LogP contribution in [0.1, 0.15) is 24.8 Å². The molecule has 4 nitrogen and oxygen atoms in total. The fourth-order valence-corrected chi connectivity index (χ4v) is 3.68. The van der Waals surface area contributed by atoms with E-state index >= 15 is 0 Å². The van der Waals surface area contributed by atoms with Crippen LogP contribution in [0.25, 0.3) is 0 Å². The molecule has 2 aliphatic heterocycles. The molecule has 2 saturated heterocycles. The SMILES string of the molecule is COCC1CC2(CCN(C(=O)Cc3ccccc3F)CC2)CO1. The van der Waals surface area contributed by atoms with Crippen molar-refractivity contribution in [1.82, 2.24) is 4.90 Å². The molecule has 2 fully saturated rings. The van der Waals surface area contributed by atoms with Gasteiger partial charge in [0.15, 0.2) is 0 Å². The highest BCUT2D eigenvalue weighted by Crippen LogP contribution is 2.42. The molecule has 2 aliphatic rings. The first-order chi connectivity index (χ1) is 11.1. The van der Waals surface area contributed by atoms with E-state index in [2.05, 4.69) is 0 Å². The van der Waals surface area contributed by atoms with Gasteiger partial charge in [-0.2, -0.15) is 0 Å². The predicted molar refractivity (Wildman–Crippen MR) is 84.6 cm³/mol. The third-order valence-electron chi connectivity index (χ3n) is 5.11.